The summed E-state index contributed by atoms with van der Waals surface area (Å²) < 4.78 is 7.77. The van der Waals surface area contributed by atoms with Gasteiger partial charge in [-0.2, -0.15) is 0 Å². The largest absolute Gasteiger partial charge is 0.208 e. The maximum absolute atomic E-state index is 5.00. The molecule has 0 spiro atoms. The van der Waals surface area contributed by atoms with Gasteiger partial charge in [0.1, 0.15) is 0 Å². The molecule has 57 heavy (non-hydrogen) atoms. The Balaban J connectivity index is 0.990. The Morgan fingerprint density at radius 2 is 0.754 bits per heavy atom. The molecule has 0 saturated carbocycles. The standard InChI is InChI=1S/C51H29N3S3/c1-3-11-30(12-4-1)49-52-50(31-13-5-2-6-14-31)54-51(53-49)34-19-22-38-41-27-32(20-25-45(41)56-46(38)29-34)35-23-24-36(48-47(35)39-16-8-10-18-43(39)57-48)33-21-26-44-40(28-33)37-15-7-9-17-42(37)55-44/h1-29H. The highest BCUT2D eigenvalue weighted by atomic mass is 32.1. The quantitative estimate of drug-likeness (QED) is 0.175. The normalized spacial score (nSPS) is 11.9. The average Bonchev–Trinajstić information content (AvgIpc) is 3.97. The van der Waals surface area contributed by atoms with Crippen LogP contribution in [-0.2, 0) is 0 Å². The van der Waals surface area contributed by atoms with Crippen LogP contribution in [0.5, 0.6) is 0 Å². The fourth-order valence-electron chi connectivity index (χ4n) is 8.21. The van der Waals surface area contributed by atoms with E-state index in [1.54, 1.807) is 0 Å². The van der Waals surface area contributed by atoms with Gasteiger partial charge >= 0.3 is 0 Å². The lowest BCUT2D eigenvalue weighted by atomic mass is 9.93. The highest BCUT2D eigenvalue weighted by Crippen LogP contribution is 2.47. The minimum atomic E-state index is 0.666. The predicted octanol–water partition coefficient (Wildman–Crippen LogP) is 15.3. The van der Waals surface area contributed by atoms with Crippen LogP contribution in [-0.4, -0.2) is 15.0 Å². The zero-order chi connectivity index (χ0) is 37.5. The lowest BCUT2D eigenvalue weighted by Crippen LogP contribution is -1.99. The van der Waals surface area contributed by atoms with Crippen molar-refractivity contribution in [3.05, 3.63) is 176 Å². The summed E-state index contributed by atoms with van der Waals surface area (Å²) in [6.45, 7) is 0. The van der Waals surface area contributed by atoms with Crippen molar-refractivity contribution in [2.24, 2.45) is 0 Å². The lowest BCUT2D eigenvalue weighted by molar-refractivity contribution is 1.07. The molecule has 0 unspecified atom stereocenters. The van der Waals surface area contributed by atoms with E-state index >= 15 is 0 Å². The molecular weight excluding hydrogens is 751 g/mol. The van der Waals surface area contributed by atoms with Crippen molar-refractivity contribution in [2.45, 2.75) is 0 Å². The van der Waals surface area contributed by atoms with Crippen molar-refractivity contribution in [1.82, 2.24) is 15.0 Å². The first-order chi connectivity index (χ1) is 28.2. The molecule has 0 saturated heterocycles. The minimum Gasteiger partial charge on any atom is -0.208 e. The van der Waals surface area contributed by atoms with Crippen LogP contribution in [0.15, 0.2) is 176 Å². The molecule has 0 fully saturated rings. The summed E-state index contributed by atoms with van der Waals surface area (Å²) in [6, 6.07) is 63.2. The SMILES string of the molecule is c1ccc(-c2nc(-c3ccccc3)nc(-c3ccc4c(c3)sc3ccc(-c5ccc(-c6ccc7sc8ccccc8c7c6)c6sc7ccccc7c56)cc34)n2)cc1. The average molecular weight is 780 g/mol. The number of nitrogens with zero attached hydrogens (tertiary/aromatic N) is 3. The summed E-state index contributed by atoms with van der Waals surface area (Å²) >= 11 is 5.58. The summed E-state index contributed by atoms with van der Waals surface area (Å²) in [5.41, 5.74) is 7.93. The Hall–Kier alpha value is -6.57. The molecule has 4 heterocycles. The molecule has 12 rings (SSSR count). The lowest BCUT2D eigenvalue weighted by Gasteiger charge is -2.10. The minimum absolute atomic E-state index is 0.666. The van der Waals surface area contributed by atoms with Crippen LogP contribution in [0.4, 0.5) is 0 Å². The van der Waals surface area contributed by atoms with Crippen molar-refractivity contribution in [1.29, 1.82) is 0 Å². The third kappa shape index (κ3) is 5.41. The van der Waals surface area contributed by atoms with E-state index in [0.717, 1.165) is 16.7 Å². The van der Waals surface area contributed by atoms with Gasteiger partial charge in [0.2, 0.25) is 0 Å². The van der Waals surface area contributed by atoms with E-state index in [1.807, 2.05) is 94.7 Å². The van der Waals surface area contributed by atoms with Gasteiger partial charge in [0.15, 0.2) is 17.5 Å². The zero-order valence-electron chi connectivity index (χ0n) is 30.3. The second-order valence-corrected chi connectivity index (χ2v) is 17.6. The van der Waals surface area contributed by atoms with E-state index < -0.39 is 0 Å². The molecule has 0 amide bonds. The van der Waals surface area contributed by atoms with E-state index in [2.05, 4.69) is 115 Å². The Morgan fingerprint density at radius 1 is 0.281 bits per heavy atom. The monoisotopic (exact) mass is 779 g/mol. The van der Waals surface area contributed by atoms with Crippen LogP contribution >= 0.6 is 34.0 Å². The Kier molecular flexibility index (Phi) is 7.45. The summed E-state index contributed by atoms with van der Waals surface area (Å²) in [6.07, 6.45) is 0. The van der Waals surface area contributed by atoms with Gasteiger partial charge < -0.3 is 0 Å². The molecule has 266 valence electrons. The number of aromatic nitrogens is 3. The summed E-state index contributed by atoms with van der Waals surface area (Å²) in [5.74, 6) is 2.00. The van der Waals surface area contributed by atoms with Gasteiger partial charge in [-0.1, -0.05) is 133 Å². The van der Waals surface area contributed by atoms with E-state index in [-0.39, 0.29) is 0 Å². The van der Waals surface area contributed by atoms with Gasteiger partial charge in [-0.15, -0.1) is 34.0 Å². The zero-order valence-corrected chi connectivity index (χ0v) is 32.8. The maximum Gasteiger partial charge on any atom is 0.164 e. The van der Waals surface area contributed by atoms with Gasteiger partial charge in [0.05, 0.1) is 0 Å². The van der Waals surface area contributed by atoms with Gasteiger partial charge in [-0.05, 0) is 64.7 Å². The van der Waals surface area contributed by atoms with Crippen molar-refractivity contribution >= 4 is 94.5 Å². The first-order valence-corrected chi connectivity index (χ1v) is 21.4. The molecule has 0 aliphatic heterocycles. The van der Waals surface area contributed by atoms with E-state index in [1.165, 1.54) is 82.8 Å². The Bertz CT molecular complexity index is 3470. The Morgan fingerprint density at radius 3 is 1.42 bits per heavy atom. The van der Waals surface area contributed by atoms with Crippen LogP contribution in [0.2, 0.25) is 0 Å². The smallest absolute Gasteiger partial charge is 0.164 e. The van der Waals surface area contributed by atoms with Gasteiger partial charge in [0, 0.05) is 77.2 Å². The number of fused-ring (bicyclic) bond motifs is 9. The molecule has 0 aliphatic rings. The molecule has 0 radical (unpaired) electrons. The summed E-state index contributed by atoms with van der Waals surface area (Å²) in [5, 5.41) is 7.78. The predicted molar refractivity (Wildman–Crippen MR) is 246 cm³/mol. The van der Waals surface area contributed by atoms with Crippen LogP contribution in [0.25, 0.3) is 117 Å². The number of rotatable bonds is 5. The van der Waals surface area contributed by atoms with Crippen LogP contribution < -0.4 is 0 Å². The van der Waals surface area contributed by atoms with Crippen LogP contribution in [0.3, 0.4) is 0 Å². The molecular formula is C51H29N3S3. The van der Waals surface area contributed by atoms with Gasteiger partial charge in [-0.25, -0.2) is 15.0 Å². The topological polar surface area (TPSA) is 38.7 Å². The maximum atomic E-state index is 5.00. The fourth-order valence-corrected chi connectivity index (χ4v) is 11.7. The molecule has 0 atom stereocenters. The first-order valence-electron chi connectivity index (χ1n) is 18.9. The van der Waals surface area contributed by atoms with Crippen molar-refractivity contribution in [3.8, 4) is 56.4 Å². The molecule has 12 aromatic rings. The van der Waals surface area contributed by atoms with E-state index in [0.29, 0.717) is 17.5 Å². The van der Waals surface area contributed by atoms with Crippen molar-refractivity contribution in [3.63, 3.8) is 0 Å². The highest BCUT2D eigenvalue weighted by molar-refractivity contribution is 7.27. The summed E-state index contributed by atoms with van der Waals surface area (Å²) in [7, 11) is 0. The van der Waals surface area contributed by atoms with Crippen LogP contribution in [0.1, 0.15) is 0 Å². The molecule has 8 aromatic carbocycles. The van der Waals surface area contributed by atoms with Crippen LogP contribution in [0, 0.1) is 0 Å². The van der Waals surface area contributed by atoms with Crippen molar-refractivity contribution < 1.29 is 0 Å². The second-order valence-electron chi connectivity index (χ2n) is 14.3. The fraction of sp³-hybridized carbons (Fsp3) is 0. The number of hydrogen-bond donors (Lipinski definition) is 0. The molecule has 0 N–H and O–H groups in total. The molecule has 6 heteroatoms. The van der Waals surface area contributed by atoms with E-state index in [9.17, 15) is 0 Å². The van der Waals surface area contributed by atoms with E-state index in [4.69, 9.17) is 15.0 Å². The second kappa shape index (κ2) is 13.0. The highest BCUT2D eigenvalue weighted by Gasteiger charge is 2.19. The molecule has 0 aliphatic carbocycles. The molecule has 3 nitrogen and oxygen atoms in total. The third-order valence-corrected chi connectivity index (χ3v) is 14.4. The van der Waals surface area contributed by atoms with Crippen molar-refractivity contribution in [2.75, 3.05) is 0 Å². The molecule has 0 bridgehead atoms. The molecule has 4 aromatic heterocycles. The number of thiophene rings is 3. The summed E-state index contributed by atoms with van der Waals surface area (Å²) in [4.78, 5) is 14.9. The number of benzene rings is 8. The Labute approximate surface area is 339 Å². The van der Waals surface area contributed by atoms with Gasteiger partial charge in [-0.3, -0.25) is 0 Å². The third-order valence-electron chi connectivity index (χ3n) is 11.0. The first kappa shape index (κ1) is 32.7. The van der Waals surface area contributed by atoms with Gasteiger partial charge in [0.25, 0.3) is 0 Å². The number of hydrogen-bond acceptors (Lipinski definition) is 6.